The van der Waals surface area contributed by atoms with E-state index in [0.717, 1.165) is 62.3 Å². The molecule has 2 aromatic heterocycles. The minimum atomic E-state index is -0.988. The molecule has 36 heavy (non-hydrogen) atoms. The summed E-state index contributed by atoms with van der Waals surface area (Å²) in [6.07, 6.45) is 5.61. The number of carboxylic acids is 1. The Balaban J connectivity index is 1.39. The van der Waals surface area contributed by atoms with Crippen molar-refractivity contribution in [3.63, 3.8) is 0 Å². The first-order chi connectivity index (χ1) is 17.3. The van der Waals surface area contributed by atoms with Crippen molar-refractivity contribution in [2.75, 3.05) is 26.0 Å². The summed E-state index contributed by atoms with van der Waals surface area (Å²) in [4.78, 5) is 34.4. The lowest BCUT2D eigenvalue weighted by Crippen LogP contribution is -2.23. The Labute approximate surface area is 214 Å². The summed E-state index contributed by atoms with van der Waals surface area (Å²) in [6.45, 7) is 0.976. The van der Waals surface area contributed by atoms with Crippen molar-refractivity contribution in [3.8, 4) is 0 Å². The van der Waals surface area contributed by atoms with Gasteiger partial charge < -0.3 is 15.3 Å². The van der Waals surface area contributed by atoms with E-state index in [1.807, 2.05) is 5.38 Å². The number of fused-ring (bicyclic) bond motifs is 1. The maximum atomic E-state index is 14.7. The van der Waals surface area contributed by atoms with Gasteiger partial charge in [-0.25, -0.2) is 14.4 Å². The third kappa shape index (κ3) is 6.26. The van der Waals surface area contributed by atoms with Crippen molar-refractivity contribution in [3.05, 3.63) is 74.6 Å². The monoisotopic (exact) mass is 510 g/mol. The number of carboxylic acid groups (broad SMARTS) is 1. The van der Waals surface area contributed by atoms with Gasteiger partial charge in [-0.1, -0.05) is 12.1 Å². The van der Waals surface area contributed by atoms with Crippen LogP contribution in [0.2, 0.25) is 0 Å². The number of pyridine rings is 1. The lowest BCUT2D eigenvalue weighted by Gasteiger charge is -2.17. The smallest absolute Gasteiger partial charge is 0.304 e. The Morgan fingerprint density at radius 3 is 2.64 bits per heavy atom. The summed E-state index contributed by atoms with van der Waals surface area (Å²) >= 11 is 1.39. The molecule has 0 spiro atoms. The van der Waals surface area contributed by atoms with Gasteiger partial charge in [0.05, 0.1) is 17.7 Å². The van der Waals surface area contributed by atoms with Gasteiger partial charge in [0.15, 0.2) is 0 Å². The highest BCUT2D eigenvalue weighted by Gasteiger charge is 2.24. The molecule has 0 radical (unpaired) electrons. The van der Waals surface area contributed by atoms with Crippen LogP contribution in [0.3, 0.4) is 0 Å². The maximum Gasteiger partial charge on any atom is 0.304 e. The molecule has 3 aromatic rings. The summed E-state index contributed by atoms with van der Waals surface area (Å²) in [7, 11) is 3.11. The highest BCUT2D eigenvalue weighted by Crippen LogP contribution is 2.32. The van der Waals surface area contributed by atoms with Gasteiger partial charge in [0.25, 0.3) is 5.91 Å². The van der Waals surface area contributed by atoms with Crippen LogP contribution >= 0.6 is 11.3 Å². The van der Waals surface area contributed by atoms with Gasteiger partial charge in [0, 0.05) is 37.6 Å². The average Bonchev–Trinajstić information content (AvgIpc) is 3.33. The number of halogens is 1. The summed E-state index contributed by atoms with van der Waals surface area (Å²) < 4.78 is 14.7. The number of benzene rings is 1. The molecule has 0 unspecified atom stereocenters. The van der Waals surface area contributed by atoms with Crippen LogP contribution in [0, 0.1) is 5.82 Å². The summed E-state index contributed by atoms with van der Waals surface area (Å²) in [6, 6.07) is 8.58. The molecule has 0 fully saturated rings. The number of aromatic nitrogens is 2. The van der Waals surface area contributed by atoms with Crippen molar-refractivity contribution < 1.29 is 19.1 Å². The maximum absolute atomic E-state index is 14.7. The molecule has 0 saturated heterocycles. The van der Waals surface area contributed by atoms with Crippen LogP contribution in [0.25, 0.3) is 0 Å². The number of carbonyl (C=O) groups is 2. The Bertz CT molecular complexity index is 1240. The van der Waals surface area contributed by atoms with Gasteiger partial charge in [-0.3, -0.25) is 9.59 Å². The first-order valence-corrected chi connectivity index (χ1v) is 13.1. The molecule has 1 aliphatic heterocycles. The number of nitrogens with zero attached hydrogens (tertiary/aromatic N) is 3. The van der Waals surface area contributed by atoms with E-state index in [9.17, 15) is 19.1 Å². The zero-order valence-electron chi connectivity index (χ0n) is 20.6. The van der Waals surface area contributed by atoms with Crippen molar-refractivity contribution >= 4 is 29.0 Å². The van der Waals surface area contributed by atoms with E-state index < -0.39 is 23.6 Å². The largest absolute Gasteiger partial charge is 0.481 e. The fraction of sp³-hybridized carbons (Fsp3) is 0.407. The predicted octanol–water partition coefficient (Wildman–Crippen LogP) is 4.91. The van der Waals surface area contributed by atoms with Crippen molar-refractivity contribution in [2.45, 2.75) is 50.9 Å². The molecule has 1 atom stereocenters. The molecule has 2 N–H and O–H groups in total. The number of aryl methyl sites for hydroxylation is 3. The molecule has 1 aromatic carbocycles. The number of nitrogens with one attached hydrogen (secondary N) is 1. The first kappa shape index (κ1) is 25.8. The number of anilines is 1. The van der Waals surface area contributed by atoms with Crippen molar-refractivity contribution in [1.29, 1.82) is 0 Å². The van der Waals surface area contributed by atoms with Crippen LogP contribution in [0.4, 0.5) is 10.2 Å². The molecular weight excluding hydrogens is 479 g/mol. The molecule has 7 nitrogen and oxygen atoms in total. The summed E-state index contributed by atoms with van der Waals surface area (Å²) in [5.74, 6) is -1.65. The Morgan fingerprint density at radius 1 is 1.14 bits per heavy atom. The quantitative estimate of drug-likeness (QED) is 0.377. The Morgan fingerprint density at radius 2 is 1.92 bits per heavy atom. The fourth-order valence-corrected chi connectivity index (χ4v) is 5.38. The minimum Gasteiger partial charge on any atom is -0.481 e. The van der Waals surface area contributed by atoms with Crippen LogP contribution in [-0.4, -0.2) is 52.5 Å². The van der Waals surface area contributed by atoms with Crippen LogP contribution in [0.15, 0.2) is 35.7 Å². The zero-order valence-corrected chi connectivity index (χ0v) is 21.4. The van der Waals surface area contributed by atoms with E-state index in [4.69, 9.17) is 4.98 Å². The number of unbranched alkanes of at least 4 members (excludes halogenated alkanes) is 1. The lowest BCUT2D eigenvalue weighted by atomic mass is 9.95. The van der Waals surface area contributed by atoms with Crippen molar-refractivity contribution in [2.24, 2.45) is 0 Å². The third-order valence-corrected chi connectivity index (χ3v) is 7.35. The van der Waals surface area contributed by atoms with E-state index in [1.54, 1.807) is 20.2 Å². The van der Waals surface area contributed by atoms with Gasteiger partial charge in [0.2, 0.25) is 0 Å². The summed E-state index contributed by atoms with van der Waals surface area (Å²) in [5, 5.41) is 15.4. The minimum absolute atomic E-state index is 0.0400. The molecule has 0 saturated carbocycles. The second-order valence-electron chi connectivity index (χ2n) is 9.31. The normalized spacial score (nSPS) is 13.5. The SMILES string of the molecule is CN(C)C(=O)c1ccc([C@H](CC(=O)O)c2nc(CCCCc3ccc4c(n3)NCCC4)cs2)cc1F. The number of hydrogen-bond donors (Lipinski definition) is 2. The highest BCUT2D eigenvalue weighted by atomic mass is 32.1. The van der Waals surface area contributed by atoms with Crippen LogP contribution in [0.1, 0.15) is 69.5 Å². The Hall–Kier alpha value is -3.33. The fourth-order valence-electron chi connectivity index (χ4n) is 4.40. The van der Waals surface area contributed by atoms with E-state index >= 15 is 0 Å². The van der Waals surface area contributed by atoms with Crippen LogP contribution < -0.4 is 5.32 Å². The van der Waals surface area contributed by atoms with Gasteiger partial charge in [0.1, 0.15) is 16.6 Å². The number of aliphatic carboxylic acids is 1. The number of carbonyl (C=O) groups excluding carboxylic acids is 1. The number of rotatable bonds is 10. The molecule has 1 aliphatic rings. The highest BCUT2D eigenvalue weighted by molar-refractivity contribution is 7.09. The van der Waals surface area contributed by atoms with Gasteiger partial charge in [-0.05, 0) is 67.9 Å². The lowest BCUT2D eigenvalue weighted by molar-refractivity contribution is -0.137. The van der Waals surface area contributed by atoms with Gasteiger partial charge >= 0.3 is 5.97 Å². The number of amides is 1. The molecule has 0 aliphatic carbocycles. The van der Waals surface area contributed by atoms with Gasteiger partial charge in [-0.2, -0.15) is 0 Å². The van der Waals surface area contributed by atoms with E-state index in [2.05, 4.69) is 22.4 Å². The topological polar surface area (TPSA) is 95.4 Å². The molecule has 1 amide bonds. The number of hydrogen-bond acceptors (Lipinski definition) is 6. The van der Waals surface area contributed by atoms with E-state index in [0.29, 0.717) is 10.6 Å². The second-order valence-corrected chi connectivity index (χ2v) is 10.2. The van der Waals surface area contributed by atoms with Crippen LogP contribution in [0.5, 0.6) is 0 Å². The zero-order chi connectivity index (χ0) is 25.7. The summed E-state index contributed by atoms with van der Waals surface area (Å²) in [5.41, 5.74) is 3.74. The molecular formula is C27H31FN4O3S. The van der Waals surface area contributed by atoms with Crippen LogP contribution in [-0.2, 0) is 24.1 Å². The average molecular weight is 511 g/mol. The van der Waals surface area contributed by atoms with E-state index in [1.165, 1.54) is 33.9 Å². The van der Waals surface area contributed by atoms with Gasteiger partial charge in [-0.15, -0.1) is 11.3 Å². The van der Waals surface area contributed by atoms with Crippen molar-refractivity contribution in [1.82, 2.24) is 14.9 Å². The standard InChI is InChI=1S/C27H31FN4O3S/c1-32(2)27(35)21-12-10-18(14-23(21)28)22(15-24(33)34)26-31-20(16-36-26)8-4-3-7-19-11-9-17-6-5-13-29-25(17)30-19/h9-12,14,16,22H,3-8,13,15H2,1-2H3,(H,29,30)(H,33,34)/t22-/m0/s1. The molecule has 3 heterocycles. The molecule has 9 heteroatoms. The van der Waals surface area contributed by atoms with E-state index in [-0.39, 0.29) is 12.0 Å². The first-order valence-electron chi connectivity index (χ1n) is 12.2. The molecule has 0 bridgehead atoms. The number of thiazole rings is 1. The Kier molecular flexibility index (Phi) is 8.30. The molecule has 190 valence electrons. The predicted molar refractivity (Wildman–Crippen MR) is 138 cm³/mol. The third-order valence-electron chi connectivity index (χ3n) is 6.35. The second kappa shape index (κ2) is 11.6. The molecule has 4 rings (SSSR count).